The van der Waals surface area contributed by atoms with E-state index in [1.165, 1.54) is 11.1 Å². The predicted molar refractivity (Wildman–Crippen MR) is 102 cm³/mol. The summed E-state index contributed by atoms with van der Waals surface area (Å²) < 4.78 is 10.6. The first-order chi connectivity index (χ1) is 12.2. The minimum atomic E-state index is 0.549. The molecule has 134 valence electrons. The quantitative estimate of drug-likeness (QED) is 0.440. The van der Waals surface area contributed by atoms with Crippen molar-refractivity contribution in [2.24, 2.45) is 4.99 Å². The van der Waals surface area contributed by atoms with E-state index < -0.39 is 0 Å². The van der Waals surface area contributed by atoms with Crippen LogP contribution in [0.4, 0.5) is 0 Å². The number of nitrogens with one attached hydrogen (secondary N) is 2. The number of guanidine groups is 1. The van der Waals surface area contributed by atoms with Gasteiger partial charge >= 0.3 is 0 Å². The molecule has 0 fully saturated rings. The minimum absolute atomic E-state index is 0.549. The summed E-state index contributed by atoms with van der Waals surface area (Å²) in [6.45, 7) is 4.66. The Morgan fingerprint density at radius 1 is 1.00 bits per heavy atom. The van der Waals surface area contributed by atoms with Crippen molar-refractivity contribution < 1.29 is 9.47 Å². The Morgan fingerprint density at radius 2 is 1.80 bits per heavy atom. The Balaban J connectivity index is 1.84. The standard InChI is InChI=1S/C20H27N3O2/c1-16-7-4-5-9-18(16)15-23-20(21-2)22-14-17-8-6-10-19(13-17)25-12-11-24-3/h4-10,13H,11-12,14-15H2,1-3H3,(H2,21,22,23). The predicted octanol–water partition coefficient (Wildman–Crippen LogP) is 2.89. The van der Waals surface area contributed by atoms with Crippen LogP contribution in [0.15, 0.2) is 53.5 Å². The molecule has 2 aromatic rings. The van der Waals surface area contributed by atoms with Crippen molar-refractivity contribution in [1.29, 1.82) is 0 Å². The van der Waals surface area contributed by atoms with E-state index in [0.29, 0.717) is 19.8 Å². The number of aryl methyl sites for hydroxylation is 1. The number of aliphatic imine (C=N–C) groups is 1. The highest BCUT2D eigenvalue weighted by Crippen LogP contribution is 2.13. The molecule has 2 N–H and O–H groups in total. The topological polar surface area (TPSA) is 54.9 Å². The van der Waals surface area contributed by atoms with Crippen LogP contribution in [-0.4, -0.2) is 33.3 Å². The molecule has 2 rings (SSSR count). The highest BCUT2D eigenvalue weighted by Gasteiger charge is 2.02. The van der Waals surface area contributed by atoms with E-state index >= 15 is 0 Å². The van der Waals surface area contributed by atoms with E-state index in [-0.39, 0.29) is 0 Å². The molecule has 0 unspecified atom stereocenters. The highest BCUT2D eigenvalue weighted by atomic mass is 16.5. The Morgan fingerprint density at radius 3 is 2.56 bits per heavy atom. The van der Waals surface area contributed by atoms with Crippen LogP contribution in [0.1, 0.15) is 16.7 Å². The molecular weight excluding hydrogens is 314 g/mol. The van der Waals surface area contributed by atoms with Crippen LogP contribution in [0.2, 0.25) is 0 Å². The van der Waals surface area contributed by atoms with Gasteiger partial charge in [0.25, 0.3) is 0 Å². The molecule has 0 saturated heterocycles. The summed E-state index contributed by atoms with van der Waals surface area (Å²) in [5.74, 6) is 1.62. The van der Waals surface area contributed by atoms with Gasteiger partial charge in [-0.05, 0) is 35.7 Å². The number of rotatable bonds is 8. The molecule has 0 aliphatic carbocycles. The van der Waals surface area contributed by atoms with E-state index in [2.05, 4.69) is 46.8 Å². The molecule has 0 aromatic heterocycles. The molecule has 0 saturated carbocycles. The van der Waals surface area contributed by atoms with Gasteiger partial charge in [0.1, 0.15) is 12.4 Å². The number of benzene rings is 2. The summed E-state index contributed by atoms with van der Waals surface area (Å²) >= 11 is 0. The fourth-order valence-electron chi connectivity index (χ4n) is 2.38. The molecule has 0 aliphatic rings. The third kappa shape index (κ3) is 6.47. The first-order valence-electron chi connectivity index (χ1n) is 8.42. The zero-order valence-corrected chi connectivity index (χ0v) is 15.2. The normalized spacial score (nSPS) is 11.2. The number of methoxy groups -OCH3 is 1. The first-order valence-corrected chi connectivity index (χ1v) is 8.42. The van der Waals surface area contributed by atoms with Gasteiger partial charge < -0.3 is 20.1 Å². The molecule has 0 heterocycles. The second kappa shape index (κ2) is 10.4. The van der Waals surface area contributed by atoms with Crippen LogP contribution < -0.4 is 15.4 Å². The molecule has 0 atom stereocenters. The first kappa shape index (κ1) is 18.8. The maximum Gasteiger partial charge on any atom is 0.191 e. The van der Waals surface area contributed by atoms with E-state index in [1.54, 1.807) is 14.2 Å². The maximum atomic E-state index is 5.64. The minimum Gasteiger partial charge on any atom is -0.491 e. The summed E-state index contributed by atoms with van der Waals surface area (Å²) in [6.07, 6.45) is 0. The Hall–Kier alpha value is -2.53. The fourth-order valence-corrected chi connectivity index (χ4v) is 2.38. The monoisotopic (exact) mass is 341 g/mol. The van der Waals surface area contributed by atoms with Gasteiger partial charge in [-0.1, -0.05) is 36.4 Å². The lowest BCUT2D eigenvalue weighted by Gasteiger charge is -2.14. The molecule has 5 nitrogen and oxygen atoms in total. The van der Waals surface area contributed by atoms with Crippen LogP contribution in [0.5, 0.6) is 5.75 Å². The van der Waals surface area contributed by atoms with Crippen LogP contribution >= 0.6 is 0 Å². The average molecular weight is 341 g/mol. The lowest BCUT2D eigenvalue weighted by molar-refractivity contribution is 0.146. The van der Waals surface area contributed by atoms with Crippen molar-refractivity contribution in [3.8, 4) is 5.75 Å². The van der Waals surface area contributed by atoms with E-state index in [9.17, 15) is 0 Å². The van der Waals surface area contributed by atoms with Crippen LogP contribution in [0.3, 0.4) is 0 Å². The zero-order valence-electron chi connectivity index (χ0n) is 15.2. The Kier molecular flexibility index (Phi) is 7.79. The fraction of sp³-hybridized carbons (Fsp3) is 0.350. The molecule has 2 aromatic carbocycles. The Labute approximate surface area is 150 Å². The molecule has 0 spiro atoms. The largest absolute Gasteiger partial charge is 0.491 e. The average Bonchev–Trinajstić information content (AvgIpc) is 2.64. The van der Waals surface area contributed by atoms with Gasteiger partial charge in [0.05, 0.1) is 6.61 Å². The summed E-state index contributed by atoms with van der Waals surface area (Å²) in [5, 5.41) is 6.67. The summed E-state index contributed by atoms with van der Waals surface area (Å²) in [5.41, 5.74) is 3.67. The number of ether oxygens (including phenoxy) is 2. The molecule has 0 bridgehead atoms. The van der Waals surface area contributed by atoms with Crippen molar-refractivity contribution in [1.82, 2.24) is 10.6 Å². The summed E-state index contributed by atoms with van der Waals surface area (Å²) in [6, 6.07) is 16.4. The van der Waals surface area contributed by atoms with Crippen molar-refractivity contribution in [3.63, 3.8) is 0 Å². The second-order valence-corrected chi connectivity index (χ2v) is 5.69. The van der Waals surface area contributed by atoms with Crippen LogP contribution in [0, 0.1) is 6.92 Å². The molecule has 5 heteroatoms. The van der Waals surface area contributed by atoms with Crippen LogP contribution in [-0.2, 0) is 17.8 Å². The van der Waals surface area contributed by atoms with Gasteiger partial charge in [0.15, 0.2) is 5.96 Å². The van der Waals surface area contributed by atoms with Gasteiger partial charge in [-0.2, -0.15) is 0 Å². The third-order valence-electron chi connectivity index (χ3n) is 3.85. The van der Waals surface area contributed by atoms with Gasteiger partial charge in [-0.3, -0.25) is 4.99 Å². The SMILES string of the molecule is CN=C(NCc1cccc(OCCOC)c1)NCc1ccccc1C. The van der Waals surface area contributed by atoms with Crippen LogP contribution in [0.25, 0.3) is 0 Å². The molecular formula is C20H27N3O2. The van der Waals surface area contributed by atoms with E-state index in [4.69, 9.17) is 9.47 Å². The van der Waals surface area contributed by atoms with Gasteiger partial charge in [-0.15, -0.1) is 0 Å². The van der Waals surface area contributed by atoms with Gasteiger partial charge in [-0.25, -0.2) is 0 Å². The number of hydrogen-bond acceptors (Lipinski definition) is 3. The zero-order chi connectivity index (χ0) is 17.9. The van der Waals surface area contributed by atoms with Crippen molar-refractivity contribution in [2.45, 2.75) is 20.0 Å². The molecule has 0 amide bonds. The molecule has 25 heavy (non-hydrogen) atoms. The highest BCUT2D eigenvalue weighted by molar-refractivity contribution is 5.79. The van der Waals surface area contributed by atoms with E-state index in [1.807, 2.05) is 24.3 Å². The van der Waals surface area contributed by atoms with Gasteiger partial charge in [0, 0.05) is 27.2 Å². The van der Waals surface area contributed by atoms with E-state index in [0.717, 1.165) is 23.8 Å². The lowest BCUT2D eigenvalue weighted by atomic mass is 10.1. The third-order valence-corrected chi connectivity index (χ3v) is 3.85. The summed E-state index contributed by atoms with van der Waals surface area (Å²) in [4.78, 5) is 4.28. The van der Waals surface area contributed by atoms with Crippen molar-refractivity contribution in [2.75, 3.05) is 27.4 Å². The number of hydrogen-bond donors (Lipinski definition) is 2. The second-order valence-electron chi connectivity index (χ2n) is 5.69. The van der Waals surface area contributed by atoms with Crippen molar-refractivity contribution in [3.05, 3.63) is 65.2 Å². The number of nitrogens with zero attached hydrogens (tertiary/aromatic N) is 1. The van der Waals surface area contributed by atoms with Crippen molar-refractivity contribution >= 4 is 5.96 Å². The lowest BCUT2D eigenvalue weighted by Crippen LogP contribution is -2.36. The Bertz CT molecular complexity index is 686. The smallest absolute Gasteiger partial charge is 0.191 e. The molecule has 0 radical (unpaired) electrons. The molecule has 0 aliphatic heterocycles. The summed E-state index contributed by atoms with van der Waals surface area (Å²) in [7, 11) is 3.44. The maximum absolute atomic E-state index is 5.64. The van der Waals surface area contributed by atoms with Gasteiger partial charge in [0.2, 0.25) is 0 Å².